The quantitative estimate of drug-likeness (QED) is 0.516. The maximum atomic E-state index is 11.3. The summed E-state index contributed by atoms with van der Waals surface area (Å²) in [4.78, 5) is 11.3. The number of aryl methyl sites for hydroxylation is 1. The highest BCUT2D eigenvalue weighted by Gasteiger charge is 2.15. The van der Waals surface area contributed by atoms with Crippen molar-refractivity contribution in [2.75, 3.05) is 0 Å². The fourth-order valence-electron chi connectivity index (χ4n) is 2.33. The Balaban J connectivity index is 2.05. The number of halogens is 1. The van der Waals surface area contributed by atoms with Crippen molar-refractivity contribution in [1.82, 2.24) is 15.0 Å². The molecule has 3 rings (SSSR count). The van der Waals surface area contributed by atoms with E-state index in [1.165, 1.54) is 6.92 Å². The van der Waals surface area contributed by atoms with Gasteiger partial charge in [-0.25, -0.2) is 4.68 Å². The second-order valence-corrected chi connectivity index (χ2v) is 5.99. The summed E-state index contributed by atoms with van der Waals surface area (Å²) in [5.41, 5.74) is 3.27. The van der Waals surface area contributed by atoms with Crippen LogP contribution in [-0.2, 0) is 4.79 Å². The number of carbonyl (C=O) groups excluding carboxylic acids is 1. The second-order valence-electron chi connectivity index (χ2n) is 5.07. The summed E-state index contributed by atoms with van der Waals surface area (Å²) in [6.45, 7) is 3.32. The molecule has 1 heterocycles. The van der Waals surface area contributed by atoms with Crippen LogP contribution in [0.25, 0.3) is 16.9 Å². The number of nitrogens with zero attached hydrogens (tertiary/aromatic N) is 3. The predicted octanol–water partition coefficient (Wildman–Crippen LogP) is 3.93. The molecular formula is C17H14BrN3O2. The number of carbonyl (C=O) groups is 1. The zero-order valence-electron chi connectivity index (χ0n) is 12.7. The summed E-state index contributed by atoms with van der Waals surface area (Å²) in [5.74, 6) is 0.120. The van der Waals surface area contributed by atoms with Crippen LogP contribution in [0.2, 0.25) is 0 Å². The van der Waals surface area contributed by atoms with Crippen molar-refractivity contribution in [1.29, 1.82) is 0 Å². The summed E-state index contributed by atoms with van der Waals surface area (Å²) in [5, 5.41) is 8.40. The van der Waals surface area contributed by atoms with Crippen molar-refractivity contribution < 1.29 is 9.53 Å². The third-order valence-electron chi connectivity index (χ3n) is 3.31. The highest BCUT2D eigenvalue weighted by Crippen LogP contribution is 2.32. The fraction of sp³-hybridized carbons (Fsp3) is 0.118. The first kappa shape index (κ1) is 15.4. The third-order valence-corrected chi connectivity index (χ3v) is 3.80. The molecule has 116 valence electrons. The Bertz CT molecular complexity index is 874. The summed E-state index contributed by atoms with van der Waals surface area (Å²) < 4.78 is 7.94. The van der Waals surface area contributed by atoms with Crippen LogP contribution in [0.4, 0.5) is 0 Å². The molecule has 1 aromatic heterocycles. The summed E-state index contributed by atoms with van der Waals surface area (Å²) in [6.07, 6.45) is 1.82. The van der Waals surface area contributed by atoms with Gasteiger partial charge in [0, 0.05) is 17.0 Å². The first-order chi connectivity index (χ1) is 11.0. The maximum Gasteiger partial charge on any atom is 0.308 e. The van der Waals surface area contributed by atoms with Gasteiger partial charge in [-0.1, -0.05) is 39.3 Å². The van der Waals surface area contributed by atoms with E-state index in [-0.39, 0.29) is 5.97 Å². The van der Waals surface area contributed by atoms with Gasteiger partial charge in [-0.15, -0.1) is 5.10 Å². The topological polar surface area (TPSA) is 57.0 Å². The molecule has 0 amide bonds. The molecule has 0 aliphatic carbocycles. The average Bonchev–Trinajstić information content (AvgIpc) is 2.96. The summed E-state index contributed by atoms with van der Waals surface area (Å²) >= 11 is 3.44. The minimum absolute atomic E-state index is 0.365. The van der Waals surface area contributed by atoms with Gasteiger partial charge in [0.05, 0.1) is 11.9 Å². The van der Waals surface area contributed by atoms with E-state index in [1.54, 1.807) is 10.7 Å². The molecule has 6 heteroatoms. The molecule has 0 N–H and O–H groups in total. The molecule has 3 aromatic rings. The van der Waals surface area contributed by atoms with E-state index in [9.17, 15) is 4.79 Å². The van der Waals surface area contributed by atoms with Gasteiger partial charge >= 0.3 is 5.97 Å². The SMILES string of the molecule is CC(=O)Oc1cccc(C)c1-c1cn(-c2cccc(Br)c2)nn1. The van der Waals surface area contributed by atoms with E-state index in [4.69, 9.17) is 4.74 Å². The first-order valence-corrected chi connectivity index (χ1v) is 7.80. The highest BCUT2D eigenvalue weighted by atomic mass is 79.9. The lowest BCUT2D eigenvalue weighted by molar-refractivity contribution is -0.131. The van der Waals surface area contributed by atoms with Gasteiger partial charge in [-0.3, -0.25) is 4.79 Å². The zero-order chi connectivity index (χ0) is 16.4. The van der Waals surface area contributed by atoms with Crippen LogP contribution in [0.5, 0.6) is 5.75 Å². The molecule has 23 heavy (non-hydrogen) atoms. The lowest BCUT2D eigenvalue weighted by Crippen LogP contribution is -2.03. The summed E-state index contributed by atoms with van der Waals surface area (Å²) in [6, 6.07) is 13.3. The van der Waals surface area contributed by atoms with Crippen LogP contribution < -0.4 is 4.74 Å². The largest absolute Gasteiger partial charge is 0.426 e. The molecule has 0 spiro atoms. The Labute approximate surface area is 142 Å². The number of rotatable bonds is 3. The molecule has 0 atom stereocenters. The molecule has 0 aliphatic rings. The molecular weight excluding hydrogens is 358 g/mol. The molecule has 0 bridgehead atoms. The number of esters is 1. The molecule has 0 saturated heterocycles. The normalized spacial score (nSPS) is 10.6. The van der Waals surface area contributed by atoms with E-state index < -0.39 is 0 Å². The van der Waals surface area contributed by atoms with Crippen molar-refractivity contribution >= 4 is 21.9 Å². The summed E-state index contributed by atoms with van der Waals surface area (Å²) in [7, 11) is 0. The van der Waals surface area contributed by atoms with E-state index >= 15 is 0 Å². The molecule has 2 aromatic carbocycles. The Morgan fingerprint density at radius 2 is 2.00 bits per heavy atom. The van der Waals surface area contributed by atoms with Crippen molar-refractivity contribution in [2.45, 2.75) is 13.8 Å². The lowest BCUT2D eigenvalue weighted by atomic mass is 10.1. The monoisotopic (exact) mass is 371 g/mol. The van der Waals surface area contributed by atoms with Crippen LogP contribution >= 0.6 is 15.9 Å². The predicted molar refractivity (Wildman–Crippen MR) is 90.5 cm³/mol. The minimum Gasteiger partial charge on any atom is -0.426 e. The Morgan fingerprint density at radius 1 is 1.22 bits per heavy atom. The minimum atomic E-state index is -0.365. The number of aromatic nitrogens is 3. The number of ether oxygens (including phenoxy) is 1. The van der Waals surface area contributed by atoms with Crippen molar-refractivity contribution in [3.63, 3.8) is 0 Å². The smallest absolute Gasteiger partial charge is 0.308 e. The van der Waals surface area contributed by atoms with Gasteiger partial charge in [0.2, 0.25) is 0 Å². The van der Waals surface area contributed by atoms with Gasteiger partial charge in [-0.2, -0.15) is 0 Å². The number of hydrogen-bond donors (Lipinski definition) is 0. The average molecular weight is 372 g/mol. The van der Waals surface area contributed by atoms with Gasteiger partial charge in [0.25, 0.3) is 0 Å². The fourth-order valence-corrected chi connectivity index (χ4v) is 2.72. The van der Waals surface area contributed by atoms with E-state index in [2.05, 4.69) is 26.2 Å². The molecule has 0 aliphatic heterocycles. The van der Waals surface area contributed by atoms with Crippen LogP contribution in [0, 0.1) is 6.92 Å². The Kier molecular flexibility index (Phi) is 4.25. The van der Waals surface area contributed by atoms with Crippen LogP contribution in [0.1, 0.15) is 12.5 Å². The number of benzene rings is 2. The number of hydrogen-bond acceptors (Lipinski definition) is 4. The van der Waals surface area contributed by atoms with Gasteiger partial charge in [0.1, 0.15) is 11.4 Å². The van der Waals surface area contributed by atoms with Crippen LogP contribution in [0.3, 0.4) is 0 Å². The van der Waals surface area contributed by atoms with Gasteiger partial charge in [0.15, 0.2) is 0 Å². The standard InChI is InChI=1S/C17H14BrN3O2/c1-11-5-3-8-16(23-12(2)22)17(11)15-10-21(20-19-15)14-7-4-6-13(18)9-14/h3-10H,1-2H3. The van der Waals surface area contributed by atoms with Crippen LogP contribution in [0.15, 0.2) is 53.1 Å². The second kappa shape index (κ2) is 6.34. The van der Waals surface area contributed by atoms with Gasteiger partial charge in [-0.05, 0) is 36.8 Å². The third kappa shape index (κ3) is 3.32. The maximum absolute atomic E-state index is 11.3. The van der Waals surface area contributed by atoms with E-state index in [1.807, 2.05) is 49.5 Å². The van der Waals surface area contributed by atoms with Crippen molar-refractivity contribution in [3.05, 3.63) is 58.7 Å². The van der Waals surface area contributed by atoms with E-state index in [0.29, 0.717) is 11.4 Å². The van der Waals surface area contributed by atoms with E-state index in [0.717, 1.165) is 21.3 Å². The molecule has 0 unspecified atom stereocenters. The first-order valence-electron chi connectivity index (χ1n) is 7.01. The molecule has 0 saturated carbocycles. The van der Waals surface area contributed by atoms with Crippen molar-refractivity contribution in [3.8, 4) is 22.7 Å². The lowest BCUT2D eigenvalue weighted by Gasteiger charge is -2.09. The zero-order valence-corrected chi connectivity index (χ0v) is 14.2. The van der Waals surface area contributed by atoms with Crippen molar-refractivity contribution in [2.24, 2.45) is 0 Å². The van der Waals surface area contributed by atoms with Gasteiger partial charge < -0.3 is 4.74 Å². The Morgan fingerprint density at radius 3 is 2.74 bits per heavy atom. The Hall–Kier alpha value is -2.47. The highest BCUT2D eigenvalue weighted by molar-refractivity contribution is 9.10. The molecule has 0 radical (unpaired) electrons. The molecule has 5 nitrogen and oxygen atoms in total. The van der Waals surface area contributed by atoms with Crippen LogP contribution in [-0.4, -0.2) is 21.0 Å². The molecule has 0 fully saturated rings.